The van der Waals surface area contributed by atoms with Gasteiger partial charge in [-0.2, -0.15) is 5.10 Å². The molecule has 0 saturated carbocycles. The Labute approximate surface area is 91.3 Å². The van der Waals surface area contributed by atoms with Gasteiger partial charge in [0.2, 0.25) is 0 Å². The zero-order valence-corrected chi connectivity index (χ0v) is 9.82. The molecule has 4 nitrogen and oxygen atoms in total. The summed E-state index contributed by atoms with van der Waals surface area (Å²) < 4.78 is 1.88. The molecule has 0 aliphatic carbocycles. The lowest BCUT2D eigenvalue weighted by molar-refractivity contribution is 0.397. The Bertz CT molecular complexity index is 331. The van der Waals surface area contributed by atoms with Gasteiger partial charge >= 0.3 is 0 Å². The number of aryl methyl sites for hydroxylation is 2. The summed E-state index contributed by atoms with van der Waals surface area (Å²) in [6.45, 7) is 5.39. The molecule has 0 spiro atoms. The Balaban J connectivity index is 1.85. The second-order valence-corrected chi connectivity index (χ2v) is 4.54. The number of rotatable bonds is 3. The molecule has 84 valence electrons. The van der Waals surface area contributed by atoms with Crippen molar-refractivity contribution in [3.63, 3.8) is 0 Å². The first-order valence-electron chi connectivity index (χ1n) is 5.56. The van der Waals surface area contributed by atoms with Gasteiger partial charge in [-0.1, -0.05) is 0 Å². The lowest BCUT2D eigenvalue weighted by atomic mass is 10.2. The molecule has 15 heavy (non-hydrogen) atoms. The molecule has 2 heterocycles. The van der Waals surface area contributed by atoms with Gasteiger partial charge in [0.05, 0.1) is 5.69 Å². The SMILES string of the molecule is Cc1nn(C)cc1CNC1CCN(C)C1. The molecule has 4 heteroatoms. The first-order valence-corrected chi connectivity index (χ1v) is 5.56. The number of aromatic nitrogens is 2. The molecule has 1 aliphatic heterocycles. The van der Waals surface area contributed by atoms with Crippen LogP contribution in [0.15, 0.2) is 6.20 Å². The molecule has 0 radical (unpaired) electrons. The molecule has 1 aromatic heterocycles. The van der Waals surface area contributed by atoms with Gasteiger partial charge in [-0.3, -0.25) is 4.68 Å². The molecule has 1 fully saturated rings. The van der Waals surface area contributed by atoms with E-state index in [0.717, 1.165) is 12.2 Å². The Kier molecular flexibility index (Phi) is 3.07. The highest BCUT2D eigenvalue weighted by molar-refractivity contribution is 5.15. The molecule has 1 unspecified atom stereocenters. The Morgan fingerprint density at radius 2 is 2.33 bits per heavy atom. The number of hydrogen-bond donors (Lipinski definition) is 1. The maximum absolute atomic E-state index is 4.34. The number of nitrogens with one attached hydrogen (secondary N) is 1. The van der Waals surface area contributed by atoms with E-state index in [-0.39, 0.29) is 0 Å². The summed E-state index contributed by atoms with van der Waals surface area (Å²) in [4.78, 5) is 2.37. The van der Waals surface area contributed by atoms with E-state index in [1.807, 2.05) is 11.7 Å². The van der Waals surface area contributed by atoms with Crippen molar-refractivity contribution in [2.75, 3.05) is 20.1 Å². The zero-order chi connectivity index (χ0) is 10.8. The highest BCUT2D eigenvalue weighted by Crippen LogP contribution is 2.09. The van der Waals surface area contributed by atoms with Gasteiger partial charge in [0.1, 0.15) is 0 Å². The fourth-order valence-corrected chi connectivity index (χ4v) is 2.18. The van der Waals surface area contributed by atoms with Crippen molar-refractivity contribution in [1.29, 1.82) is 0 Å². The zero-order valence-electron chi connectivity index (χ0n) is 9.82. The lowest BCUT2D eigenvalue weighted by Crippen LogP contribution is -2.31. The average molecular weight is 208 g/mol. The van der Waals surface area contributed by atoms with E-state index in [9.17, 15) is 0 Å². The molecular formula is C11H20N4. The van der Waals surface area contributed by atoms with Crippen LogP contribution in [-0.2, 0) is 13.6 Å². The van der Waals surface area contributed by atoms with Crippen LogP contribution in [0, 0.1) is 6.92 Å². The molecule has 1 saturated heterocycles. The minimum atomic E-state index is 0.648. The summed E-state index contributed by atoms with van der Waals surface area (Å²) in [5.74, 6) is 0. The van der Waals surface area contributed by atoms with E-state index < -0.39 is 0 Å². The van der Waals surface area contributed by atoms with Crippen LogP contribution >= 0.6 is 0 Å². The Morgan fingerprint density at radius 1 is 1.53 bits per heavy atom. The largest absolute Gasteiger partial charge is 0.308 e. The molecule has 2 rings (SSSR count). The first-order chi connectivity index (χ1) is 7.15. The summed E-state index contributed by atoms with van der Waals surface area (Å²) in [5, 5.41) is 7.92. The second-order valence-electron chi connectivity index (χ2n) is 4.54. The summed E-state index contributed by atoms with van der Waals surface area (Å²) >= 11 is 0. The van der Waals surface area contributed by atoms with Gasteiger partial charge in [0.15, 0.2) is 0 Å². The fraction of sp³-hybridized carbons (Fsp3) is 0.727. The van der Waals surface area contributed by atoms with Gasteiger partial charge < -0.3 is 10.2 Å². The minimum Gasteiger partial charge on any atom is -0.308 e. The molecule has 0 amide bonds. The molecule has 1 aliphatic rings. The predicted molar refractivity (Wildman–Crippen MR) is 60.7 cm³/mol. The molecule has 1 N–H and O–H groups in total. The third-order valence-electron chi connectivity index (χ3n) is 3.09. The van der Waals surface area contributed by atoms with Gasteiger partial charge in [-0.05, 0) is 26.9 Å². The second kappa shape index (κ2) is 4.33. The van der Waals surface area contributed by atoms with E-state index in [4.69, 9.17) is 0 Å². The number of likely N-dealkylation sites (tertiary alicyclic amines) is 1. The third-order valence-corrected chi connectivity index (χ3v) is 3.09. The lowest BCUT2D eigenvalue weighted by Gasteiger charge is -2.11. The topological polar surface area (TPSA) is 33.1 Å². The summed E-state index contributed by atoms with van der Waals surface area (Å²) in [6.07, 6.45) is 3.36. The summed E-state index contributed by atoms with van der Waals surface area (Å²) in [6, 6.07) is 0.648. The molecule has 1 aromatic rings. The maximum Gasteiger partial charge on any atom is 0.0638 e. The van der Waals surface area contributed by atoms with Gasteiger partial charge in [0.25, 0.3) is 0 Å². The maximum atomic E-state index is 4.34. The van der Waals surface area contributed by atoms with Gasteiger partial charge in [0, 0.05) is 37.9 Å². The smallest absolute Gasteiger partial charge is 0.0638 e. The first kappa shape index (κ1) is 10.6. The molecule has 1 atom stereocenters. The van der Waals surface area contributed by atoms with Crippen LogP contribution in [0.1, 0.15) is 17.7 Å². The molecular weight excluding hydrogens is 188 g/mol. The predicted octanol–water partition coefficient (Wildman–Crippen LogP) is 0.522. The van der Waals surface area contributed by atoms with E-state index in [1.54, 1.807) is 0 Å². The highest BCUT2D eigenvalue weighted by Gasteiger charge is 2.18. The van der Waals surface area contributed by atoms with E-state index in [1.165, 1.54) is 25.1 Å². The fourth-order valence-electron chi connectivity index (χ4n) is 2.18. The van der Waals surface area contributed by atoms with Crippen molar-refractivity contribution in [2.24, 2.45) is 7.05 Å². The van der Waals surface area contributed by atoms with Crippen LogP contribution in [0.5, 0.6) is 0 Å². The van der Waals surface area contributed by atoms with Crippen LogP contribution < -0.4 is 5.32 Å². The van der Waals surface area contributed by atoms with Crippen LogP contribution in [-0.4, -0.2) is 40.9 Å². The molecule has 0 bridgehead atoms. The minimum absolute atomic E-state index is 0.648. The van der Waals surface area contributed by atoms with Crippen molar-refractivity contribution in [3.8, 4) is 0 Å². The third kappa shape index (κ3) is 2.58. The van der Waals surface area contributed by atoms with Crippen molar-refractivity contribution < 1.29 is 0 Å². The van der Waals surface area contributed by atoms with Crippen LogP contribution in [0.3, 0.4) is 0 Å². The van der Waals surface area contributed by atoms with Crippen molar-refractivity contribution in [2.45, 2.75) is 25.9 Å². The Hall–Kier alpha value is -0.870. The number of nitrogens with zero attached hydrogens (tertiary/aromatic N) is 3. The van der Waals surface area contributed by atoms with Crippen LogP contribution in [0.4, 0.5) is 0 Å². The summed E-state index contributed by atoms with van der Waals surface area (Å²) in [7, 11) is 4.15. The summed E-state index contributed by atoms with van der Waals surface area (Å²) in [5.41, 5.74) is 2.45. The van der Waals surface area contributed by atoms with Crippen molar-refractivity contribution >= 4 is 0 Å². The average Bonchev–Trinajstić information content (AvgIpc) is 2.70. The van der Waals surface area contributed by atoms with E-state index >= 15 is 0 Å². The quantitative estimate of drug-likeness (QED) is 0.786. The van der Waals surface area contributed by atoms with Crippen LogP contribution in [0.2, 0.25) is 0 Å². The van der Waals surface area contributed by atoms with Gasteiger partial charge in [-0.25, -0.2) is 0 Å². The molecule has 0 aromatic carbocycles. The van der Waals surface area contributed by atoms with E-state index in [2.05, 4.69) is 35.5 Å². The Morgan fingerprint density at radius 3 is 2.87 bits per heavy atom. The normalized spacial score (nSPS) is 22.5. The monoisotopic (exact) mass is 208 g/mol. The number of likely N-dealkylation sites (N-methyl/N-ethyl adjacent to an activating group) is 1. The van der Waals surface area contributed by atoms with Crippen LogP contribution in [0.25, 0.3) is 0 Å². The van der Waals surface area contributed by atoms with E-state index in [0.29, 0.717) is 6.04 Å². The van der Waals surface area contributed by atoms with Crippen molar-refractivity contribution in [3.05, 3.63) is 17.5 Å². The van der Waals surface area contributed by atoms with Gasteiger partial charge in [-0.15, -0.1) is 0 Å². The standard InChI is InChI=1S/C11H20N4/c1-9-10(7-15(3)13-9)6-12-11-4-5-14(2)8-11/h7,11-12H,4-6,8H2,1-3H3. The number of hydrogen-bond acceptors (Lipinski definition) is 3. The van der Waals surface area contributed by atoms with Crippen molar-refractivity contribution in [1.82, 2.24) is 20.0 Å². The highest BCUT2D eigenvalue weighted by atomic mass is 15.3.